The van der Waals surface area contributed by atoms with Crippen LogP contribution in [0.3, 0.4) is 0 Å². The first-order chi connectivity index (χ1) is 11.1. The Bertz CT molecular complexity index is 753. The largest absolute Gasteiger partial charge is 0.444 e. The lowest BCUT2D eigenvalue weighted by Crippen LogP contribution is -2.22. The Morgan fingerprint density at radius 2 is 1.78 bits per heavy atom. The highest BCUT2D eigenvalue weighted by Crippen LogP contribution is 2.23. The maximum Gasteiger partial charge on any atom is 0.226 e. The maximum absolute atomic E-state index is 13.0. The van der Waals surface area contributed by atoms with Gasteiger partial charge in [-0.1, -0.05) is 30.3 Å². The summed E-state index contributed by atoms with van der Waals surface area (Å²) in [5, 5.41) is 0. The Morgan fingerprint density at radius 1 is 1.09 bits per heavy atom. The number of rotatable bonds is 5. The molecule has 3 nitrogen and oxygen atoms in total. The molecule has 118 valence electrons. The van der Waals surface area contributed by atoms with Gasteiger partial charge in [-0.05, 0) is 43.8 Å². The highest BCUT2D eigenvalue weighted by molar-refractivity contribution is 5.52. The summed E-state index contributed by atoms with van der Waals surface area (Å²) in [6.07, 6.45) is 1.69. The van der Waals surface area contributed by atoms with Crippen molar-refractivity contribution in [2.45, 2.75) is 19.5 Å². The summed E-state index contributed by atoms with van der Waals surface area (Å²) in [6, 6.07) is 16.6. The van der Waals surface area contributed by atoms with Gasteiger partial charge in [0, 0.05) is 18.2 Å². The van der Waals surface area contributed by atoms with Crippen molar-refractivity contribution in [3.8, 4) is 11.5 Å². The fourth-order valence-electron chi connectivity index (χ4n) is 2.48. The smallest absolute Gasteiger partial charge is 0.226 e. The summed E-state index contributed by atoms with van der Waals surface area (Å²) < 4.78 is 18.6. The van der Waals surface area contributed by atoms with Crippen LogP contribution >= 0.6 is 0 Å². The van der Waals surface area contributed by atoms with Gasteiger partial charge < -0.3 is 4.42 Å². The van der Waals surface area contributed by atoms with Crippen LogP contribution in [-0.2, 0) is 6.54 Å². The predicted molar refractivity (Wildman–Crippen MR) is 88.2 cm³/mol. The summed E-state index contributed by atoms with van der Waals surface area (Å²) in [5.74, 6) is 0.413. The van der Waals surface area contributed by atoms with Crippen molar-refractivity contribution in [3.63, 3.8) is 0 Å². The normalized spacial score (nSPS) is 12.5. The SMILES string of the molecule is CC(c1ccc(F)cc1)N(C)Cc1coc(-c2ccccc2)n1. The molecule has 1 aromatic heterocycles. The van der Waals surface area contributed by atoms with E-state index in [0.717, 1.165) is 16.8 Å². The molecule has 23 heavy (non-hydrogen) atoms. The lowest BCUT2D eigenvalue weighted by molar-refractivity contribution is 0.250. The molecule has 0 aliphatic rings. The second-order valence-corrected chi connectivity index (χ2v) is 5.65. The number of halogens is 1. The fourth-order valence-corrected chi connectivity index (χ4v) is 2.48. The highest BCUT2D eigenvalue weighted by atomic mass is 19.1. The quantitative estimate of drug-likeness (QED) is 0.685. The Kier molecular flexibility index (Phi) is 4.53. The van der Waals surface area contributed by atoms with Crippen LogP contribution in [0.1, 0.15) is 24.2 Å². The topological polar surface area (TPSA) is 29.3 Å². The van der Waals surface area contributed by atoms with Gasteiger partial charge in [0.15, 0.2) is 0 Å². The van der Waals surface area contributed by atoms with Gasteiger partial charge in [0.25, 0.3) is 0 Å². The Hall–Kier alpha value is -2.46. The summed E-state index contributed by atoms with van der Waals surface area (Å²) in [6.45, 7) is 2.75. The minimum Gasteiger partial charge on any atom is -0.444 e. The van der Waals surface area contributed by atoms with E-state index in [0.29, 0.717) is 12.4 Å². The van der Waals surface area contributed by atoms with Gasteiger partial charge in [0.05, 0.1) is 5.69 Å². The molecule has 0 spiro atoms. The third kappa shape index (κ3) is 3.66. The van der Waals surface area contributed by atoms with Crippen LogP contribution in [0.25, 0.3) is 11.5 Å². The highest BCUT2D eigenvalue weighted by Gasteiger charge is 2.14. The van der Waals surface area contributed by atoms with E-state index in [-0.39, 0.29) is 11.9 Å². The molecular weight excluding hydrogens is 291 g/mol. The molecule has 0 aliphatic heterocycles. The number of oxazole rings is 1. The molecule has 1 heterocycles. The molecule has 0 aliphatic carbocycles. The first-order valence-electron chi connectivity index (χ1n) is 7.59. The van der Waals surface area contributed by atoms with Crippen LogP contribution < -0.4 is 0 Å². The average Bonchev–Trinajstić information content (AvgIpc) is 3.04. The van der Waals surface area contributed by atoms with E-state index in [1.807, 2.05) is 49.5 Å². The van der Waals surface area contributed by atoms with E-state index in [9.17, 15) is 4.39 Å². The van der Waals surface area contributed by atoms with Crippen LogP contribution in [0.4, 0.5) is 4.39 Å². The minimum atomic E-state index is -0.215. The Labute approximate surface area is 135 Å². The lowest BCUT2D eigenvalue weighted by Gasteiger charge is -2.24. The molecule has 0 bridgehead atoms. The van der Waals surface area contributed by atoms with Gasteiger partial charge in [0.2, 0.25) is 5.89 Å². The molecule has 1 unspecified atom stereocenters. The van der Waals surface area contributed by atoms with Crippen molar-refractivity contribution in [2.24, 2.45) is 0 Å². The van der Waals surface area contributed by atoms with Gasteiger partial charge in [-0.3, -0.25) is 4.90 Å². The molecule has 0 saturated heterocycles. The maximum atomic E-state index is 13.0. The number of nitrogens with zero attached hydrogens (tertiary/aromatic N) is 2. The van der Waals surface area contributed by atoms with Crippen LogP contribution in [0.2, 0.25) is 0 Å². The number of hydrogen-bond acceptors (Lipinski definition) is 3. The molecule has 0 radical (unpaired) electrons. The Morgan fingerprint density at radius 3 is 2.48 bits per heavy atom. The fraction of sp³-hybridized carbons (Fsp3) is 0.211. The molecule has 3 rings (SSSR count). The Balaban J connectivity index is 1.69. The molecule has 1 atom stereocenters. The van der Waals surface area contributed by atoms with E-state index < -0.39 is 0 Å². The molecule has 3 aromatic rings. The van der Waals surface area contributed by atoms with Crippen LogP contribution in [-0.4, -0.2) is 16.9 Å². The summed E-state index contributed by atoms with van der Waals surface area (Å²) in [5.41, 5.74) is 2.91. The van der Waals surface area contributed by atoms with Gasteiger partial charge in [-0.15, -0.1) is 0 Å². The van der Waals surface area contributed by atoms with Gasteiger partial charge in [0.1, 0.15) is 12.1 Å². The number of benzene rings is 2. The zero-order valence-electron chi connectivity index (χ0n) is 13.2. The van der Waals surface area contributed by atoms with E-state index >= 15 is 0 Å². The average molecular weight is 310 g/mol. The third-order valence-corrected chi connectivity index (χ3v) is 4.00. The molecule has 0 N–H and O–H groups in total. The molecule has 0 saturated carbocycles. The van der Waals surface area contributed by atoms with E-state index in [1.165, 1.54) is 12.1 Å². The standard InChI is InChI=1S/C19H19FN2O/c1-14(15-8-10-17(20)11-9-15)22(2)12-18-13-23-19(21-18)16-6-4-3-5-7-16/h3-11,13-14H,12H2,1-2H3. The second-order valence-electron chi connectivity index (χ2n) is 5.65. The number of aromatic nitrogens is 1. The van der Waals surface area contributed by atoms with Gasteiger partial charge in [-0.2, -0.15) is 0 Å². The zero-order valence-corrected chi connectivity index (χ0v) is 13.2. The lowest BCUT2D eigenvalue weighted by atomic mass is 10.1. The van der Waals surface area contributed by atoms with Crippen molar-refractivity contribution < 1.29 is 8.81 Å². The minimum absolute atomic E-state index is 0.160. The molecule has 2 aromatic carbocycles. The van der Waals surface area contributed by atoms with Crippen LogP contribution in [0, 0.1) is 5.82 Å². The van der Waals surface area contributed by atoms with Crippen molar-refractivity contribution in [1.82, 2.24) is 9.88 Å². The second kappa shape index (κ2) is 6.75. The first kappa shape index (κ1) is 15.4. The molecule has 4 heteroatoms. The first-order valence-corrected chi connectivity index (χ1v) is 7.59. The predicted octanol–water partition coefficient (Wildman–Crippen LogP) is 4.67. The van der Waals surface area contributed by atoms with E-state index in [4.69, 9.17) is 4.42 Å². The van der Waals surface area contributed by atoms with Crippen molar-refractivity contribution in [1.29, 1.82) is 0 Å². The molecule has 0 fully saturated rings. The van der Waals surface area contributed by atoms with Crippen LogP contribution in [0.5, 0.6) is 0 Å². The monoisotopic (exact) mass is 310 g/mol. The summed E-state index contributed by atoms with van der Waals surface area (Å²) in [7, 11) is 2.02. The zero-order chi connectivity index (χ0) is 16.2. The summed E-state index contributed by atoms with van der Waals surface area (Å²) in [4.78, 5) is 6.69. The van der Waals surface area contributed by atoms with Crippen molar-refractivity contribution in [2.75, 3.05) is 7.05 Å². The van der Waals surface area contributed by atoms with Gasteiger partial charge in [-0.25, -0.2) is 9.37 Å². The van der Waals surface area contributed by atoms with Crippen molar-refractivity contribution >= 4 is 0 Å². The third-order valence-electron chi connectivity index (χ3n) is 4.00. The summed E-state index contributed by atoms with van der Waals surface area (Å²) >= 11 is 0. The molecule has 0 amide bonds. The van der Waals surface area contributed by atoms with E-state index in [2.05, 4.69) is 16.8 Å². The number of hydrogen-bond donors (Lipinski definition) is 0. The van der Waals surface area contributed by atoms with E-state index in [1.54, 1.807) is 6.26 Å². The van der Waals surface area contributed by atoms with Crippen molar-refractivity contribution in [3.05, 3.63) is 77.9 Å². The van der Waals surface area contributed by atoms with Crippen LogP contribution in [0.15, 0.2) is 65.3 Å². The molecular formula is C19H19FN2O. The van der Waals surface area contributed by atoms with Gasteiger partial charge >= 0.3 is 0 Å².